The molecule has 0 bridgehead atoms. The summed E-state index contributed by atoms with van der Waals surface area (Å²) in [6.45, 7) is 1.28. The second-order valence-corrected chi connectivity index (χ2v) is 5.51. The van der Waals surface area contributed by atoms with Gasteiger partial charge in [-0.05, 0) is 24.3 Å². The zero-order chi connectivity index (χ0) is 15.0. The van der Waals surface area contributed by atoms with Crippen LogP contribution in [0.2, 0.25) is 0 Å². The third kappa shape index (κ3) is 2.12. The number of fused-ring (bicyclic) bond motifs is 1. The fourth-order valence-corrected chi connectivity index (χ4v) is 2.92. The third-order valence-corrected chi connectivity index (χ3v) is 4.32. The van der Waals surface area contributed by atoms with Gasteiger partial charge in [-0.1, -0.05) is 5.16 Å². The van der Waals surface area contributed by atoms with Gasteiger partial charge in [0.1, 0.15) is 0 Å². The van der Waals surface area contributed by atoms with E-state index in [0.717, 1.165) is 29.3 Å². The first kappa shape index (κ1) is 13.5. The molecule has 0 aliphatic carbocycles. The highest BCUT2D eigenvalue weighted by atomic mass is 16.5. The summed E-state index contributed by atoms with van der Waals surface area (Å²) in [6, 6.07) is 8.07. The average Bonchev–Trinajstić information content (AvgIpc) is 3.24. The van der Waals surface area contributed by atoms with E-state index < -0.39 is 5.60 Å². The van der Waals surface area contributed by atoms with Crippen LogP contribution in [0.1, 0.15) is 18.7 Å². The fourth-order valence-electron chi connectivity index (χ4n) is 2.92. The van der Waals surface area contributed by atoms with Crippen LogP contribution in [0.25, 0.3) is 22.3 Å². The van der Waals surface area contributed by atoms with Crippen LogP contribution in [0.3, 0.4) is 0 Å². The molecule has 0 radical (unpaired) electrons. The number of benzene rings is 1. The van der Waals surface area contributed by atoms with Crippen LogP contribution in [0.15, 0.2) is 35.0 Å². The molecule has 1 aromatic carbocycles. The van der Waals surface area contributed by atoms with Gasteiger partial charge in [-0.2, -0.15) is 4.98 Å². The molecule has 3 heterocycles. The van der Waals surface area contributed by atoms with Gasteiger partial charge in [0.15, 0.2) is 5.60 Å². The molecule has 0 unspecified atom stereocenters. The van der Waals surface area contributed by atoms with Crippen molar-refractivity contribution >= 4 is 10.9 Å². The summed E-state index contributed by atoms with van der Waals surface area (Å²) in [7, 11) is 1.68. The van der Waals surface area contributed by atoms with Crippen molar-refractivity contribution < 1.29 is 14.0 Å². The minimum atomic E-state index is -0.526. The first-order chi connectivity index (χ1) is 10.8. The van der Waals surface area contributed by atoms with Gasteiger partial charge < -0.3 is 19.0 Å². The maximum absolute atomic E-state index is 5.69. The number of ether oxygens (including phenoxy) is 2. The highest BCUT2D eigenvalue weighted by Gasteiger charge is 2.40. The molecule has 6 nitrogen and oxygen atoms in total. The molecule has 1 N–H and O–H groups in total. The molecule has 1 fully saturated rings. The van der Waals surface area contributed by atoms with Gasteiger partial charge in [0.05, 0.1) is 0 Å². The predicted molar refractivity (Wildman–Crippen MR) is 80.3 cm³/mol. The van der Waals surface area contributed by atoms with Crippen LogP contribution in [0.4, 0.5) is 0 Å². The minimum absolute atomic E-state index is 0.526. The largest absolute Gasteiger partial charge is 0.381 e. The van der Waals surface area contributed by atoms with Crippen molar-refractivity contribution in [2.75, 3.05) is 20.3 Å². The molecule has 6 heteroatoms. The topological polar surface area (TPSA) is 73.2 Å². The second-order valence-electron chi connectivity index (χ2n) is 5.51. The van der Waals surface area contributed by atoms with Crippen molar-refractivity contribution in [2.24, 2.45) is 0 Å². The summed E-state index contributed by atoms with van der Waals surface area (Å²) in [5.41, 5.74) is 1.49. The number of hydrogen-bond donors (Lipinski definition) is 1. The molecule has 114 valence electrons. The highest BCUT2D eigenvalue weighted by molar-refractivity contribution is 5.83. The Morgan fingerprint density at radius 1 is 1.23 bits per heavy atom. The van der Waals surface area contributed by atoms with Crippen LogP contribution in [0.5, 0.6) is 0 Å². The summed E-state index contributed by atoms with van der Waals surface area (Å²) in [6.07, 6.45) is 3.36. The monoisotopic (exact) mass is 299 g/mol. The first-order valence-electron chi connectivity index (χ1n) is 7.35. The molecule has 4 rings (SSSR count). The highest BCUT2D eigenvalue weighted by Crippen LogP contribution is 2.35. The van der Waals surface area contributed by atoms with E-state index >= 15 is 0 Å². The minimum Gasteiger partial charge on any atom is -0.381 e. The Bertz CT molecular complexity index is 787. The lowest BCUT2D eigenvalue weighted by Gasteiger charge is -2.32. The fraction of sp³-hybridized carbons (Fsp3) is 0.375. The Morgan fingerprint density at radius 3 is 2.91 bits per heavy atom. The number of methoxy groups -OCH3 is 1. The molecule has 0 saturated carbocycles. The quantitative estimate of drug-likeness (QED) is 0.805. The van der Waals surface area contributed by atoms with Crippen molar-refractivity contribution in [3.05, 3.63) is 36.4 Å². The van der Waals surface area contributed by atoms with E-state index in [1.807, 2.05) is 30.5 Å². The van der Waals surface area contributed by atoms with Gasteiger partial charge >= 0.3 is 0 Å². The van der Waals surface area contributed by atoms with Gasteiger partial charge in [0, 0.05) is 55.8 Å². The zero-order valence-corrected chi connectivity index (χ0v) is 12.3. The number of nitrogens with zero attached hydrogens (tertiary/aromatic N) is 2. The lowest BCUT2D eigenvalue weighted by molar-refractivity contribution is -0.111. The van der Waals surface area contributed by atoms with E-state index in [2.05, 4.69) is 15.1 Å². The Balaban J connectivity index is 1.70. The lowest BCUT2D eigenvalue weighted by Crippen LogP contribution is -2.35. The van der Waals surface area contributed by atoms with Crippen LogP contribution < -0.4 is 0 Å². The Hall–Kier alpha value is -2.18. The number of aromatic nitrogens is 3. The maximum atomic E-state index is 5.69. The predicted octanol–water partition coefficient (Wildman–Crippen LogP) is 2.87. The molecule has 1 saturated heterocycles. The average molecular weight is 299 g/mol. The summed E-state index contributed by atoms with van der Waals surface area (Å²) in [5.74, 6) is 1.11. The number of hydrogen-bond acceptors (Lipinski definition) is 5. The van der Waals surface area contributed by atoms with E-state index in [9.17, 15) is 0 Å². The third-order valence-electron chi connectivity index (χ3n) is 4.32. The van der Waals surface area contributed by atoms with Gasteiger partial charge in [-0.25, -0.2) is 0 Å². The zero-order valence-electron chi connectivity index (χ0n) is 12.3. The Morgan fingerprint density at radius 2 is 2.09 bits per heavy atom. The van der Waals surface area contributed by atoms with E-state index in [1.54, 1.807) is 7.11 Å². The van der Waals surface area contributed by atoms with E-state index in [0.29, 0.717) is 24.9 Å². The van der Waals surface area contributed by atoms with Gasteiger partial charge in [-0.3, -0.25) is 0 Å². The number of rotatable bonds is 3. The van der Waals surface area contributed by atoms with E-state index in [4.69, 9.17) is 14.0 Å². The number of H-pyrrole nitrogens is 1. The number of aromatic amines is 1. The van der Waals surface area contributed by atoms with Crippen molar-refractivity contribution in [2.45, 2.75) is 18.4 Å². The summed E-state index contributed by atoms with van der Waals surface area (Å²) in [5, 5.41) is 5.25. The first-order valence-corrected chi connectivity index (χ1v) is 7.35. The molecule has 0 atom stereocenters. The molecule has 3 aromatic rings. The number of nitrogens with one attached hydrogen (secondary N) is 1. The lowest BCUT2D eigenvalue weighted by atomic mass is 9.94. The second kappa shape index (κ2) is 5.23. The SMILES string of the molecule is COC1(c2nc(-c3ccc4[nH]ccc4c3)no2)CCOCC1. The van der Waals surface area contributed by atoms with Gasteiger partial charge in [0.2, 0.25) is 5.82 Å². The Kier molecular flexibility index (Phi) is 3.20. The molecule has 2 aromatic heterocycles. The van der Waals surface area contributed by atoms with E-state index in [1.165, 1.54) is 0 Å². The molecule has 0 amide bonds. The van der Waals surface area contributed by atoms with Crippen molar-refractivity contribution in [3.8, 4) is 11.4 Å². The van der Waals surface area contributed by atoms with Crippen molar-refractivity contribution in [3.63, 3.8) is 0 Å². The maximum Gasteiger partial charge on any atom is 0.259 e. The Labute approximate surface area is 127 Å². The standard InChI is InChI=1S/C16H17N3O3/c1-20-16(5-8-21-9-6-16)15-18-14(19-22-15)12-2-3-13-11(10-12)4-7-17-13/h2-4,7,10,17H,5-6,8-9H2,1H3. The van der Waals surface area contributed by atoms with Crippen LogP contribution in [-0.2, 0) is 15.1 Å². The van der Waals surface area contributed by atoms with E-state index in [-0.39, 0.29) is 0 Å². The summed E-state index contributed by atoms with van der Waals surface area (Å²) >= 11 is 0. The van der Waals surface area contributed by atoms with Crippen molar-refractivity contribution in [1.29, 1.82) is 0 Å². The normalized spacial score (nSPS) is 17.9. The van der Waals surface area contributed by atoms with Crippen LogP contribution >= 0.6 is 0 Å². The summed E-state index contributed by atoms with van der Waals surface area (Å²) < 4.78 is 16.6. The smallest absolute Gasteiger partial charge is 0.259 e. The molecule has 1 aliphatic rings. The molecular formula is C16H17N3O3. The molecule has 1 aliphatic heterocycles. The van der Waals surface area contributed by atoms with Crippen molar-refractivity contribution in [1.82, 2.24) is 15.1 Å². The van der Waals surface area contributed by atoms with Gasteiger partial charge in [0.25, 0.3) is 5.89 Å². The van der Waals surface area contributed by atoms with Crippen LogP contribution in [0, 0.1) is 0 Å². The summed E-state index contributed by atoms with van der Waals surface area (Å²) in [4.78, 5) is 7.74. The van der Waals surface area contributed by atoms with Crippen LogP contribution in [-0.4, -0.2) is 35.4 Å². The molecular weight excluding hydrogens is 282 g/mol. The molecule has 0 spiro atoms. The molecule has 22 heavy (non-hydrogen) atoms. The van der Waals surface area contributed by atoms with Gasteiger partial charge in [-0.15, -0.1) is 0 Å².